The highest BCUT2D eigenvalue weighted by Crippen LogP contribution is 2.32. The lowest BCUT2D eigenvalue weighted by molar-refractivity contribution is 0.0438. The Balaban J connectivity index is 1.52. The van der Waals surface area contributed by atoms with Gasteiger partial charge in [0.25, 0.3) is 5.91 Å². The first-order chi connectivity index (χ1) is 15.3. The molecule has 1 N–H and O–H groups in total. The number of nitrogens with zero attached hydrogens (tertiary/aromatic N) is 2. The van der Waals surface area contributed by atoms with E-state index < -0.39 is 0 Å². The summed E-state index contributed by atoms with van der Waals surface area (Å²) in [5.74, 6) is 1.30. The van der Waals surface area contributed by atoms with Crippen molar-refractivity contribution in [2.24, 2.45) is 0 Å². The molecule has 0 spiro atoms. The molecule has 6 heteroatoms. The maximum Gasteiger partial charge on any atom is 0.276 e. The fourth-order valence-electron chi connectivity index (χ4n) is 4.99. The summed E-state index contributed by atoms with van der Waals surface area (Å²) < 4.78 is 11.2. The number of carbonyl (C=O) groups excluding carboxylic acids is 1. The number of benzene rings is 1. The van der Waals surface area contributed by atoms with E-state index in [2.05, 4.69) is 10.1 Å². The molecule has 1 aromatic carbocycles. The maximum absolute atomic E-state index is 13.6. The predicted molar refractivity (Wildman–Crippen MR) is 119 cm³/mol. The molecule has 2 aromatic rings. The van der Waals surface area contributed by atoms with Crippen LogP contribution in [0.15, 0.2) is 34.9 Å². The van der Waals surface area contributed by atoms with Gasteiger partial charge in [-0.2, -0.15) is 0 Å². The number of aromatic nitrogens is 1. The van der Waals surface area contributed by atoms with Gasteiger partial charge in [0.05, 0.1) is 6.61 Å². The molecule has 0 bridgehead atoms. The van der Waals surface area contributed by atoms with E-state index in [4.69, 9.17) is 14.4 Å². The predicted octanol–water partition coefficient (Wildman–Crippen LogP) is 5.21. The van der Waals surface area contributed by atoms with Gasteiger partial charge in [0.1, 0.15) is 5.75 Å². The molecule has 0 aliphatic heterocycles. The van der Waals surface area contributed by atoms with Gasteiger partial charge in [0.2, 0.25) is 0 Å². The lowest BCUT2D eigenvalue weighted by Crippen LogP contribution is -2.48. The maximum atomic E-state index is 13.6. The monoisotopic (exact) mass is 426 g/mol. The van der Waals surface area contributed by atoms with E-state index in [1.807, 2.05) is 24.3 Å². The van der Waals surface area contributed by atoms with E-state index in [-0.39, 0.29) is 12.5 Å². The first-order valence-corrected chi connectivity index (χ1v) is 11.9. The van der Waals surface area contributed by atoms with Gasteiger partial charge in [0.15, 0.2) is 11.5 Å². The molecule has 2 aliphatic rings. The van der Waals surface area contributed by atoms with Gasteiger partial charge in [-0.1, -0.05) is 55.8 Å². The SMILES string of the molecule is O=C(c1cc(-c2cccc(OCCCO)c2)on1)N(C1CCCCC1)C1CCCCC1. The zero-order chi connectivity index (χ0) is 21.5. The lowest BCUT2D eigenvalue weighted by atomic mass is 9.88. The number of rotatable bonds is 8. The smallest absolute Gasteiger partial charge is 0.276 e. The van der Waals surface area contributed by atoms with Gasteiger partial charge in [0, 0.05) is 36.7 Å². The Kier molecular flexibility index (Phi) is 7.62. The second-order valence-electron chi connectivity index (χ2n) is 8.83. The molecule has 1 heterocycles. The van der Waals surface area contributed by atoms with Crippen molar-refractivity contribution >= 4 is 5.91 Å². The second kappa shape index (κ2) is 10.8. The van der Waals surface area contributed by atoms with Crippen molar-refractivity contribution in [2.75, 3.05) is 13.2 Å². The molecule has 1 amide bonds. The van der Waals surface area contributed by atoms with Gasteiger partial charge in [-0.3, -0.25) is 4.79 Å². The Morgan fingerprint density at radius 3 is 2.35 bits per heavy atom. The molecule has 168 valence electrons. The number of aliphatic hydroxyl groups excluding tert-OH is 1. The van der Waals surface area contributed by atoms with Gasteiger partial charge in [-0.05, 0) is 37.8 Å². The number of carbonyl (C=O) groups is 1. The Morgan fingerprint density at radius 2 is 1.71 bits per heavy atom. The van der Waals surface area contributed by atoms with Crippen molar-refractivity contribution in [2.45, 2.75) is 82.7 Å². The van der Waals surface area contributed by atoms with Crippen molar-refractivity contribution in [3.05, 3.63) is 36.0 Å². The highest BCUT2D eigenvalue weighted by atomic mass is 16.5. The molecule has 0 unspecified atom stereocenters. The third-order valence-corrected chi connectivity index (χ3v) is 6.59. The van der Waals surface area contributed by atoms with Crippen molar-refractivity contribution in [3.8, 4) is 17.1 Å². The van der Waals surface area contributed by atoms with E-state index in [0.29, 0.717) is 42.3 Å². The Bertz CT molecular complexity index is 820. The normalized spacial score (nSPS) is 18.1. The van der Waals surface area contributed by atoms with Crippen LogP contribution in [0.2, 0.25) is 0 Å². The molecular formula is C25H34N2O4. The van der Waals surface area contributed by atoms with Crippen molar-refractivity contribution in [1.29, 1.82) is 0 Å². The second-order valence-corrected chi connectivity index (χ2v) is 8.83. The summed E-state index contributed by atoms with van der Waals surface area (Å²) in [6, 6.07) is 10.00. The zero-order valence-electron chi connectivity index (χ0n) is 18.3. The molecule has 2 fully saturated rings. The Morgan fingerprint density at radius 1 is 1.03 bits per heavy atom. The van der Waals surface area contributed by atoms with Crippen LogP contribution in [0, 0.1) is 0 Å². The summed E-state index contributed by atoms with van der Waals surface area (Å²) in [6.07, 6.45) is 12.3. The summed E-state index contributed by atoms with van der Waals surface area (Å²) >= 11 is 0. The molecule has 0 radical (unpaired) electrons. The van der Waals surface area contributed by atoms with Gasteiger partial charge >= 0.3 is 0 Å². The first-order valence-electron chi connectivity index (χ1n) is 11.9. The summed E-state index contributed by atoms with van der Waals surface area (Å²) in [7, 11) is 0. The van der Waals surface area contributed by atoms with Crippen molar-refractivity contribution in [3.63, 3.8) is 0 Å². The molecule has 2 aliphatic carbocycles. The van der Waals surface area contributed by atoms with Crippen LogP contribution < -0.4 is 4.74 Å². The van der Waals surface area contributed by atoms with Gasteiger partial charge in [-0.15, -0.1) is 0 Å². The van der Waals surface area contributed by atoms with Crippen LogP contribution in [0.3, 0.4) is 0 Å². The minimum atomic E-state index is 0.0177. The van der Waals surface area contributed by atoms with E-state index in [1.54, 1.807) is 6.07 Å². The Hall–Kier alpha value is -2.34. The number of aliphatic hydroxyl groups is 1. The van der Waals surface area contributed by atoms with E-state index in [1.165, 1.54) is 38.5 Å². The molecule has 2 saturated carbocycles. The topological polar surface area (TPSA) is 75.8 Å². The van der Waals surface area contributed by atoms with Gasteiger partial charge in [-0.25, -0.2) is 0 Å². The van der Waals surface area contributed by atoms with Crippen LogP contribution in [0.1, 0.15) is 81.1 Å². The minimum Gasteiger partial charge on any atom is -0.493 e. The fourth-order valence-corrected chi connectivity index (χ4v) is 4.99. The first kappa shape index (κ1) is 21.9. The quantitative estimate of drug-likeness (QED) is 0.587. The average molecular weight is 427 g/mol. The third-order valence-electron chi connectivity index (χ3n) is 6.59. The van der Waals surface area contributed by atoms with Crippen molar-refractivity contribution in [1.82, 2.24) is 10.1 Å². The molecule has 1 aromatic heterocycles. The number of hydrogen-bond donors (Lipinski definition) is 1. The van der Waals surface area contributed by atoms with Crippen LogP contribution in [-0.2, 0) is 0 Å². The molecule has 6 nitrogen and oxygen atoms in total. The van der Waals surface area contributed by atoms with Crippen LogP contribution in [0.4, 0.5) is 0 Å². The summed E-state index contributed by atoms with van der Waals surface area (Å²) in [6.45, 7) is 0.559. The molecule has 4 rings (SSSR count). The van der Waals surface area contributed by atoms with E-state index >= 15 is 0 Å². The van der Waals surface area contributed by atoms with Crippen LogP contribution >= 0.6 is 0 Å². The highest BCUT2D eigenvalue weighted by molar-refractivity contribution is 5.93. The molecular weight excluding hydrogens is 392 g/mol. The Labute approximate surface area is 184 Å². The highest BCUT2D eigenvalue weighted by Gasteiger charge is 2.34. The summed E-state index contributed by atoms with van der Waals surface area (Å²) in [5.41, 5.74) is 1.23. The van der Waals surface area contributed by atoms with E-state index in [9.17, 15) is 4.79 Å². The molecule has 0 atom stereocenters. The lowest BCUT2D eigenvalue weighted by Gasteiger charge is -2.41. The van der Waals surface area contributed by atoms with Crippen LogP contribution in [0.25, 0.3) is 11.3 Å². The molecule has 0 saturated heterocycles. The van der Waals surface area contributed by atoms with E-state index in [0.717, 1.165) is 31.2 Å². The van der Waals surface area contributed by atoms with Gasteiger partial charge < -0.3 is 19.3 Å². The third kappa shape index (κ3) is 5.48. The zero-order valence-corrected chi connectivity index (χ0v) is 18.3. The largest absolute Gasteiger partial charge is 0.493 e. The fraction of sp³-hybridized carbons (Fsp3) is 0.600. The van der Waals surface area contributed by atoms with Crippen LogP contribution in [-0.4, -0.2) is 46.4 Å². The summed E-state index contributed by atoms with van der Waals surface area (Å²) in [5, 5.41) is 13.1. The average Bonchev–Trinajstić information content (AvgIpc) is 3.32. The van der Waals surface area contributed by atoms with Crippen molar-refractivity contribution < 1.29 is 19.2 Å². The standard InChI is InChI=1S/C25H34N2O4/c28-15-8-16-30-22-14-7-9-19(17-22)24-18-23(26-31-24)25(29)27(20-10-3-1-4-11-20)21-12-5-2-6-13-21/h7,9,14,17-18,20-21,28H,1-6,8,10-13,15-16H2. The number of hydrogen-bond acceptors (Lipinski definition) is 5. The van der Waals surface area contributed by atoms with Crippen LogP contribution in [0.5, 0.6) is 5.75 Å². The summed E-state index contributed by atoms with van der Waals surface area (Å²) in [4.78, 5) is 15.7. The minimum absolute atomic E-state index is 0.0177. The number of ether oxygens (including phenoxy) is 1. The number of amides is 1. The molecule has 31 heavy (non-hydrogen) atoms.